The molecule has 6 heteroatoms. The summed E-state index contributed by atoms with van der Waals surface area (Å²) in [6, 6.07) is 4.96. The second-order valence-electron chi connectivity index (χ2n) is 5.56. The van der Waals surface area contributed by atoms with Crippen molar-refractivity contribution in [2.45, 2.75) is 38.8 Å². The first-order valence-corrected chi connectivity index (χ1v) is 7.95. The Bertz CT molecular complexity index is 568. The smallest absolute Gasteiger partial charge is 0.341 e. The molecule has 1 aliphatic rings. The number of rotatable bonds is 6. The Morgan fingerprint density at radius 1 is 1.43 bits per heavy atom. The number of carbonyl (C=O) groups is 2. The van der Waals surface area contributed by atoms with E-state index in [1.165, 1.54) is 7.11 Å². The molecule has 1 saturated heterocycles. The van der Waals surface area contributed by atoms with Crippen molar-refractivity contribution in [1.82, 2.24) is 10.6 Å². The maximum atomic E-state index is 12.2. The van der Waals surface area contributed by atoms with E-state index in [4.69, 9.17) is 9.47 Å². The topological polar surface area (TPSA) is 76.7 Å². The van der Waals surface area contributed by atoms with Crippen molar-refractivity contribution >= 4 is 11.9 Å². The minimum Gasteiger partial charge on any atom is -0.496 e. The minimum atomic E-state index is -0.414. The van der Waals surface area contributed by atoms with Crippen LogP contribution in [-0.2, 0) is 9.53 Å². The lowest BCUT2D eigenvalue weighted by molar-refractivity contribution is -0.123. The van der Waals surface area contributed by atoms with E-state index in [0.29, 0.717) is 17.9 Å². The number of carbonyl (C=O) groups excluding carboxylic acids is 2. The van der Waals surface area contributed by atoms with Gasteiger partial charge >= 0.3 is 5.97 Å². The maximum Gasteiger partial charge on any atom is 0.341 e. The zero-order chi connectivity index (χ0) is 16.8. The summed E-state index contributed by atoms with van der Waals surface area (Å²) in [5.74, 6) is 0.0345. The summed E-state index contributed by atoms with van der Waals surface area (Å²) in [6.07, 6.45) is 1.89. The Hall–Kier alpha value is -2.08. The van der Waals surface area contributed by atoms with Gasteiger partial charge in [0, 0.05) is 0 Å². The summed E-state index contributed by atoms with van der Waals surface area (Å²) in [5.41, 5.74) is 1.26. The van der Waals surface area contributed by atoms with Gasteiger partial charge in [-0.2, -0.15) is 0 Å². The molecule has 0 saturated carbocycles. The molecule has 1 aromatic rings. The fourth-order valence-corrected chi connectivity index (χ4v) is 2.66. The van der Waals surface area contributed by atoms with E-state index in [1.807, 2.05) is 13.0 Å². The average Bonchev–Trinajstić information content (AvgIpc) is 3.09. The van der Waals surface area contributed by atoms with Crippen molar-refractivity contribution in [3.05, 3.63) is 29.3 Å². The number of amides is 1. The van der Waals surface area contributed by atoms with Crippen LogP contribution in [0.4, 0.5) is 0 Å². The molecular formula is C17H24N2O4. The van der Waals surface area contributed by atoms with Crippen molar-refractivity contribution in [3.63, 3.8) is 0 Å². The van der Waals surface area contributed by atoms with Crippen LogP contribution >= 0.6 is 0 Å². The lowest BCUT2D eigenvalue weighted by atomic mass is 10.0. The monoisotopic (exact) mass is 320 g/mol. The normalized spacial score (nSPS) is 18.3. The first-order chi connectivity index (χ1) is 11.1. The molecule has 23 heavy (non-hydrogen) atoms. The highest BCUT2D eigenvalue weighted by Gasteiger charge is 2.24. The summed E-state index contributed by atoms with van der Waals surface area (Å²) in [5, 5.41) is 6.17. The van der Waals surface area contributed by atoms with Gasteiger partial charge in [0.1, 0.15) is 11.3 Å². The number of nitrogens with one attached hydrogen (secondary N) is 2. The molecule has 0 bridgehead atoms. The third-order valence-electron chi connectivity index (χ3n) is 3.96. The van der Waals surface area contributed by atoms with Crippen LogP contribution in [0.2, 0.25) is 0 Å². The second-order valence-corrected chi connectivity index (χ2v) is 5.56. The van der Waals surface area contributed by atoms with Crippen molar-refractivity contribution < 1.29 is 19.1 Å². The zero-order valence-electron chi connectivity index (χ0n) is 13.8. The van der Waals surface area contributed by atoms with Gasteiger partial charge in [0.15, 0.2) is 0 Å². The van der Waals surface area contributed by atoms with Gasteiger partial charge in [-0.3, -0.25) is 4.79 Å². The van der Waals surface area contributed by atoms with Crippen LogP contribution in [0.15, 0.2) is 18.2 Å². The molecule has 6 nitrogen and oxygen atoms in total. The van der Waals surface area contributed by atoms with Gasteiger partial charge in [-0.25, -0.2) is 4.79 Å². The van der Waals surface area contributed by atoms with Crippen molar-refractivity contribution in [2.24, 2.45) is 0 Å². The fraction of sp³-hybridized carbons (Fsp3) is 0.529. The van der Waals surface area contributed by atoms with E-state index in [-0.39, 0.29) is 18.0 Å². The summed E-state index contributed by atoms with van der Waals surface area (Å²) in [4.78, 5) is 24.0. The molecule has 2 atom stereocenters. The van der Waals surface area contributed by atoms with Crippen LogP contribution in [-0.4, -0.2) is 38.2 Å². The van der Waals surface area contributed by atoms with E-state index in [2.05, 4.69) is 10.6 Å². The predicted molar refractivity (Wildman–Crippen MR) is 86.5 cm³/mol. The largest absolute Gasteiger partial charge is 0.496 e. The van der Waals surface area contributed by atoms with Gasteiger partial charge in [-0.1, -0.05) is 6.07 Å². The molecule has 1 fully saturated rings. The summed E-state index contributed by atoms with van der Waals surface area (Å²) < 4.78 is 10.3. The molecule has 1 heterocycles. The first kappa shape index (κ1) is 17.3. The number of methoxy groups -OCH3 is 1. The maximum absolute atomic E-state index is 12.2. The van der Waals surface area contributed by atoms with Gasteiger partial charge in [-0.15, -0.1) is 0 Å². The molecule has 0 aliphatic carbocycles. The zero-order valence-corrected chi connectivity index (χ0v) is 13.8. The quantitative estimate of drug-likeness (QED) is 0.782. The Kier molecular flexibility index (Phi) is 5.98. The summed E-state index contributed by atoms with van der Waals surface area (Å²) >= 11 is 0. The van der Waals surface area contributed by atoms with Crippen LogP contribution in [0.25, 0.3) is 0 Å². The Labute approximate surface area is 136 Å². The van der Waals surface area contributed by atoms with Crippen LogP contribution in [0.5, 0.6) is 5.75 Å². The highest BCUT2D eigenvalue weighted by molar-refractivity contribution is 5.92. The van der Waals surface area contributed by atoms with Gasteiger partial charge in [0.25, 0.3) is 0 Å². The molecule has 2 N–H and O–H groups in total. The van der Waals surface area contributed by atoms with Gasteiger partial charge in [0.2, 0.25) is 5.91 Å². The van der Waals surface area contributed by atoms with Crippen LogP contribution < -0.4 is 15.4 Å². The molecular weight excluding hydrogens is 296 g/mol. The molecule has 0 unspecified atom stereocenters. The second kappa shape index (κ2) is 7.97. The van der Waals surface area contributed by atoms with E-state index in [0.717, 1.165) is 24.9 Å². The van der Waals surface area contributed by atoms with E-state index < -0.39 is 5.97 Å². The fourth-order valence-electron chi connectivity index (χ4n) is 2.66. The Morgan fingerprint density at radius 2 is 2.22 bits per heavy atom. The SMILES string of the molecule is CCOC(=O)c1ccc([C@H](C)NC(=O)[C@H]2CCCN2)cc1OC. The highest BCUT2D eigenvalue weighted by Crippen LogP contribution is 2.25. The van der Waals surface area contributed by atoms with Gasteiger partial charge < -0.3 is 20.1 Å². The van der Waals surface area contributed by atoms with Crippen LogP contribution in [0.3, 0.4) is 0 Å². The number of hydrogen-bond donors (Lipinski definition) is 2. The predicted octanol–water partition coefficient (Wildman–Crippen LogP) is 1.80. The third-order valence-corrected chi connectivity index (χ3v) is 3.96. The number of esters is 1. The van der Waals surface area contributed by atoms with Crippen LogP contribution in [0, 0.1) is 0 Å². The molecule has 0 spiro atoms. The first-order valence-electron chi connectivity index (χ1n) is 7.95. The Balaban J connectivity index is 2.09. The standard InChI is InChI=1S/C17H24N2O4/c1-4-23-17(21)13-8-7-12(10-15(13)22-3)11(2)19-16(20)14-6-5-9-18-14/h7-8,10-11,14,18H,4-6,9H2,1-3H3,(H,19,20)/t11-,14+/m0/s1. The lowest BCUT2D eigenvalue weighted by Crippen LogP contribution is -2.41. The number of ether oxygens (including phenoxy) is 2. The van der Waals surface area contributed by atoms with Crippen molar-refractivity contribution in [3.8, 4) is 5.75 Å². The average molecular weight is 320 g/mol. The molecule has 1 aromatic carbocycles. The molecule has 1 aliphatic heterocycles. The molecule has 0 radical (unpaired) electrons. The van der Waals surface area contributed by atoms with E-state index in [1.54, 1.807) is 19.1 Å². The van der Waals surface area contributed by atoms with Gasteiger partial charge in [0.05, 0.1) is 25.8 Å². The highest BCUT2D eigenvalue weighted by atomic mass is 16.5. The molecule has 2 rings (SSSR count). The molecule has 126 valence electrons. The summed E-state index contributed by atoms with van der Waals surface area (Å²) in [7, 11) is 1.51. The Morgan fingerprint density at radius 3 is 2.83 bits per heavy atom. The van der Waals surface area contributed by atoms with Crippen LogP contribution in [0.1, 0.15) is 48.7 Å². The van der Waals surface area contributed by atoms with Gasteiger partial charge in [-0.05, 0) is 50.9 Å². The third kappa shape index (κ3) is 4.22. The van der Waals surface area contributed by atoms with Crippen molar-refractivity contribution in [1.29, 1.82) is 0 Å². The van der Waals surface area contributed by atoms with E-state index in [9.17, 15) is 9.59 Å². The number of benzene rings is 1. The lowest BCUT2D eigenvalue weighted by Gasteiger charge is -2.19. The molecule has 0 aromatic heterocycles. The molecule has 1 amide bonds. The van der Waals surface area contributed by atoms with E-state index >= 15 is 0 Å². The minimum absolute atomic E-state index is 0.00318. The van der Waals surface area contributed by atoms with Crippen molar-refractivity contribution in [2.75, 3.05) is 20.3 Å². The summed E-state index contributed by atoms with van der Waals surface area (Å²) in [6.45, 7) is 4.86. The number of hydrogen-bond acceptors (Lipinski definition) is 5.